The minimum atomic E-state index is -0.861. The summed E-state index contributed by atoms with van der Waals surface area (Å²) in [6, 6.07) is 4.29. The number of hydrogen-bond acceptors (Lipinski definition) is 8. The molecule has 0 aliphatic carbocycles. The van der Waals surface area contributed by atoms with Gasteiger partial charge in [-0.15, -0.1) is 0 Å². The Labute approximate surface area is 151 Å². The zero-order valence-electron chi connectivity index (χ0n) is 13.6. The third-order valence-electron chi connectivity index (χ3n) is 3.55. The van der Waals surface area contributed by atoms with E-state index in [0.29, 0.717) is 22.6 Å². The number of aromatic nitrogens is 3. The second-order valence-electron chi connectivity index (χ2n) is 5.12. The zero-order chi connectivity index (χ0) is 18.8. The number of fused-ring (bicyclic) bond motifs is 1. The first-order chi connectivity index (χ1) is 12.4. The Morgan fingerprint density at radius 2 is 2.19 bits per heavy atom. The number of benzene rings is 1. The number of anilines is 2. The maximum Gasteiger partial charge on any atom is 0.513 e. The van der Waals surface area contributed by atoms with Crippen molar-refractivity contribution in [3.05, 3.63) is 51.4 Å². The van der Waals surface area contributed by atoms with E-state index in [4.69, 9.17) is 16.3 Å². The molecule has 2 heterocycles. The van der Waals surface area contributed by atoms with Crippen LogP contribution in [0.5, 0.6) is 5.75 Å². The fraction of sp³-hybridized carbons (Fsp3) is 0.133. The highest BCUT2D eigenvalue weighted by Gasteiger charge is 2.18. The highest BCUT2D eigenvalue weighted by molar-refractivity contribution is 6.32. The van der Waals surface area contributed by atoms with Gasteiger partial charge in [-0.2, -0.15) is 5.10 Å². The van der Waals surface area contributed by atoms with E-state index in [9.17, 15) is 14.9 Å². The van der Waals surface area contributed by atoms with Gasteiger partial charge in [-0.25, -0.2) is 14.3 Å². The minimum Gasteiger partial charge on any atom is -0.437 e. The first kappa shape index (κ1) is 17.4. The minimum absolute atomic E-state index is 0.0287. The molecule has 3 aromatic rings. The fourth-order valence-electron chi connectivity index (χ4n) is 2.33. The lowest BCUT2D eigenvalue weighted by Crippen LogP contribution is -2.07. The lowest BCUT2D eigenvalue weighted by molar-refractivity contribution is -0.384. The second kappa shape index (κ2) is 6.84. The maximum atomic E-state index is 11.3. The summed E-state index contributed by atoms with van der Waals surface area (Å²) in [7, 11) is 1.20. The van der Waals surface area contributed by atoms with Gasteiger partial charge >= 0.3 is 6.16 Å². The van der Waals surface area contributed by atoms with Crippen LogP contribution >= 0.6 is 11.6 Å². The topological polar surface area (TPSA) is 121 Å². The third-order valence-corrected chi connectivity index (χ3v) is 3.87. The summed E-state index contributed by atoms with van der Waals surface area (Å²) in [6.07, 6.45) is 1.93. The number of nitro groups is 1. The molecule has 0 unspecified atom stereocenters. The molecule has 10 nitrogen and oxygen atoms in total. The number of carbonyl (C=O) groups is 1. The zero-order valence-corrected chi connectivity index (χ0v) is 14.4. The maximum absolute atomic E-state index is 11.3. The molecule has 0 amide bonds. The normalized spacial score (nSPS) is 10.6. The molecule has 0 aliphatic rings. The van der Waals surface area contributed by atoms with Crippen LogP contribution in [0.3, 0.4) is 0 Å². The molecule has 1 N–H and O–H groups in total. The van der Waals surface area contributed by atoms with Crippen LogP contribution in [-0.4, -0.2) is 32.8 Å². The second-order valence-corrected chi connectivity index (χ2v) is 5.53. The predicted octanol–water partition coefficient (Wildman–Crippen LogP) is 3.49. The lowest BCUT2D eigenvalue weighted by atomic mass is 10.2. The van der Waals surface area contributed by atoms with E-state index in [-0.39, 0.29) is 16.5 Å². The smallest absolute Gasteiger partial charge is 0.437 e. The number of nitro benzene ring substituents is 1. The molecule has 26 heavy (non-hydrogen) atoms. The molecule has 11 heteroatoms. The SMILES string of the molecule is COC(=O)Oc1cn2ncnc(Nc3ccc(Cl)c([N+](=O)[O-])c3)c2c1C. The summed E-state index contributed by atoms with van der Waals surface area (Å²) in [4.78, 5) is 25.9. The average Bonchev–Trinajstić information content (AvgIpc) is 2.93. The molecule has 0 bridgehead atoms. The number of ether oxygens (including phenoxy) is 2. The van der Waals surface area contributed by atoms with E-state index in [1.54, 1.807) is 13.0 Å². The van der Waals surface area contributed by atoms with Crippen LogP contribution in [0.1, 0.15) is 5.56 Å². The lowest BCUT2D eigenvalue weighted by Gasteiger charge is -2.08. The van der Waals surface area contributed by atoms with Gasteiger partial charge in [0.25, 0.3) is 5.69 Å². The van der Waals surface area contributed by atoms with E-state index in [0.717, 1.165) is 0 Å². The van der Waals surface area contributed by atoms with E-state index < -0.39 is 11.1 Å². The monoisotopic (exact) mass is 377 g/mol. The number of hydrogen-bond donors (Lipinski definition) is 1. The average molecular weight is 378 g/mol. The van der Waals surface area contributed by atoms with Crippen LogP contribution in [0.2, 0.25) is 5.02 Å². The third kappa shape index (κ3) is 3.22. The van der Waals surface area contributed by atoms with Gasteiger partial charge in [0.05, 0.1) is 18.2 Å². The number of halogens is 1. The quantitative estimate of drug-likeness (QED) is 0.416. The van der Waals surface area contributed by atoms with Crippen molar-refractivity contribution in [1.29, 1.82) is 0 Å². The van der Waals surface area contributed by atoms with Crippen LogP contribution in [-0.2, 0) is 4.74 Å². The first-order valence-electron chi connectivity index (χ1n) is 7.20. The number of nitrogens with one attached hydrogen (secondary N) is 1. The summed E-state index contributed by atoms with van der Waals surface area (Å²) in [5.41, 5.74) is 1.30. The van der Waals surface area contributed by atoms with Gasteiger partial charge in [-0.3, -0.25) is 10.1 Å². The van der Waals surface area contributed by atoms with Crippen molar-refractivity contribution in [1.82, 2.24) is 14.6 Å². The van der Waals surface area contributed by atoms with Crippen molar-refractivity contribution in [2.45, 2.75) is 6.92 Å². The Bertz CT molecular complexity index is 1020. The molecule has 0 saturated heterocycles. The Morgan fingerprint density at radius 1 is 1.42 bits per heavy atom. The molecule has 0 radical (unpaired) electrons. The first-order valence-corrected chi connectivity index (χ1v) is 7.58. The van der Waals surface area contributed by atoms with Crippen molar-refractivity contribution in [3.63, 3.8) is 0 Å². The molecule has 134 valence electrons. The Balaban J connectivity index is 2.02. The van der Waals surface area contributed by atoms with Gasteiger partial charge in [0.2, 0.25) is 0 Å². The fourth-order valence-corrected chi connectivity index (χ4v) is 2.52. The van der Waals surface area contributed by atoms with Gasteiger partial charge in [0.1, 0.15) is 16.9 Å². The summed E-state index contributed by atoms with van der Waals surface area (Å²) in [5.74, 6) is 0.622. The highest BCUT2D eigenvalue weighted by Crippen LogP contribution is 2.32. The van der Waals surface area contributed by atoms with Crippen LogP contribution in [0.4, 0.5) is 22.0 Å². The largest absolute Gasteiger partial charge is 0.513 e. The molecule has 1 aromatic carbocycles. The number of rotatable bonds is 4. The van der Waals surface area contributed by atoms with Crippen molar-refractivity contribution < 1.29 is 19.2 Å². The summed E-state index contributed by atoms with van der Waals surface area (Å²) in [5, 5.41) is 18.1. The summed E-state index contributed by atoms with van der Waals surface area (Å²) in [6.45, 7) is 1.71. The molecule has 0 aliphatic heterocycles. The van der Waals surface area contributed by atoms with Crippen molar-refractivity contribution in [2.24, 2.45) is 0 Å². The van der Waals surface area contributed by atoms with Gasteiger partial charge in [0, 0.05) is 17.3 Å². The van der Waals surface area contributed by atoms with Gasteiger partial charge in [-0.05, 0) is 19.1 Å². The predicted molar refractivity (Wildman–Crippen MR) is 92.1 cm³/mol. The number of aryl methyl sites for hydroxylation is 1. The van der Waals surface area contributed by atoms with Crippen molar-refractivity contribution in [3.8, 4) is 5.75 Å². The highest BCUT2D eigenvalue weighted by atomic mass is 35.5. The van der Waals surface area contributed by atoms with Gasteiger partial charge in [0.15, 0.2) is 11.6 Å². The van der Waals surface area contributed by atoms with E-state index in [1.165, 1.54) is 36.3 Å². The van der Waals surface area contributed by atoms with Gasteiger partial charge < -0.3 is 14.8 Å². The number of nitrogens with zero attached hydrogens (tertiary/aromatic N) is 4. The Kier molecular flexibility index (Phi) is 4.59. The van der Waals surface area contributed by atoms with Crippen molar-refractivity contribution in [2.75, 3.05) is 12.4 Å². The van der Waals surface area contributed by atoms with Crippen LogP contribution in [0.25, 0.3) is 5.52 Å². The molecule has 0 atom stereocenters. The van der Waals surface area contributed by atoms with E-state index in [2.05, 4.69) is 20.1 Å². The molecule has 0 fully saturated rings. The molecular weight excluding hydrogens is 366 g/mol. The van der Waals surface area contributed by atoms with Crippen LogP contribution < -0.4 is 10.1 Å². The van der Waals surface area contributed by atoms with Crippen molar-refractivity contribution >= 4 is 40.5 Å². The number of methoxy groups -OCH3 is 1. The molecule has 0 spiro atoms. The molecule has 2 aromatic heterocycles. The standard InChI is InChI=1S/C15H12ClN5O5/c1-8-12(26-15(22)25-2)6-20-13(8)14(17-7-18-20)19-9-3-4-10(16)11(5-9)21(23)24/h3-7H,1-2H3,(H,17,18,19). The number of carbonyl (C=O) groups excluding carboxylic acids is 1. The molecule has 3 rings (SSSR count). The Morgan fingerprint density at radius 3 is 2.88 bits per heavy atom. The van der Waals surface area contributed by atoms with Gasteiger partial charge in [-0.1, -0.05) is 11.6 Å². The summed E-state index contributed by atoms with van der Waals surface area (Å²) >= 11 is 5.82. The van der Waals surface area contributed by atoms with E-state index >= 15 is 0 Å². The summed E-state index contributed by atoms with van der Waals surface area (Å²) < 4.78 is 11.0. The van der Waals surface area contributed by atoms with Crippen LogP contribution in [0, 0.1) is 17.0 Å². The van der Waals surface area contributed by atoms with E-state index in [1.807, 2.05) is 0 Å². The molecule has 0 saturated carbocycles. The van der Waals surface area contributed by atoms with Crippen LogP contribution in [0.15, 0.2) is 30.7 Å². The molecular formula is C15H12ClN5O5. The Hall–Kier alpha value is -3.40.